The van der Waals surface area contributed by atoms with E-state index in [4.69, 9.17) is 17.1 Å². The van der Waals surface area contributed by atoms with Crippen molar-refractivity contribution in [3.8, 4) is 0 Å². The van der Waals surface area contributed by atoms with Gasteiger partial charge in [-0.1, -0.05) is 11.6 Å². The zero-order valence-electron chi connectivity index (χ0n) is 5.82. The third kappa shape index (κ3) is 1.61. The van der Waals surface area contributed by atoms with E-state index in [0.29, 0.717) is 16.4 Å². The monoisotopic (exact) mass is 168 g/mol. The number of aromatic nitrogens is 1. The number of nitrogens with zero attached hydrogens (tertiary/aromatic N) is 4. The fraction of sp³-hybridized carbons (Fsp3) is 0.167. The Balaban J connectivity index is 3.26. The molecule has 4 nitrogen and oxygen atoms in total. The van der Waals surface area contributed by atoms with Crippen LogP contribution in [0.1, 0.15) is 5.56 Å². The molecule has 0 bridgehead atoms. The molecule has 0 spiro atoms. The predicted octanol–water partition coefficient (Wildman–Crippen LogP) is 2.99. The topological polar surface area (TPSA) is 61.7 Å². The molecule has 0 N–H and O–H groups in total. The van der Waals surface area contributed by atoms with Crippen LogP contribution in [-0.4, -0.2) is 4.98 Å². The zero-order valence-corrected chi connectivity index (χ0v) is 6.58. The molecule has 0 fully saturated rings. The number of hydrogen-bond donors (Lipinski definition) is 0. The van der Waals surface area contributed by atoms with Gasteiger partial charge < -0.3 is 0 Å². The summed E-state index contributed by atoms with van der Waals surface area (Å²) in [4.78, 5) is 6.44. The maximum absolute atomic E-state index is 8.11. The Labute approximate surface area is 68.5 Å². The van der Waals surface area contributed by atoms with E-state index in [0.717, 1.165) is 0 Å². The van der Waals surface area contributed by atoms with E-state index < -0.39 is 0 Å². The van der Waals surface area contributed by atoms with E-state index in [-0.39, 0.29) is 0 Å². The Kier molecular flexibility index (Phi) is 2.31. The summed E-state index contributed by atoms with van der Waals surface area (Å²) in [6.45, 7) is 1.75. The summed E-state index contributed by atoms with van der Waals surface area (Å²) in [7, 11) is 0. The maximum atomic E-state index is 8.11. The Morgan fingerprint density at radius 1 is 1.73 bits per heavy atom. The zero-order chi connectivity index (χ0) is 8.27. The summed E-state index contributed by atoms with van der Waals surface area (Å²) in [5.74, 6) is 0.333. The molecule has 0 aliphatic heterocycles. The minimum atomic E-state index is 0.333. The van der Waals surface area contributed by atoms with Crippen LogP contribution in [0, 0.1) is 6.92 Å². The molecule has 0 atom stereocenters. The van der Waals surface area contributed by atoms with Crippen LogP contribution in [0.25, 0.3) is 10.4 Å². The highest BCUT2D eigenvalue weighted by atomic mass is 35.5. The van der Waals surface area contributed by atoms with Crippen LogP contribution >= 0.6 is 11.6 Å². The van der Waals surface area contributed by atoms with Crippen molar-refractivity contribution in [2.45, 2.75) is 6.92 Å². The standard InChI is InChI=1S/C6H5ClN4/c1-4-5(7)2-3-9-6(4)10-11-8/h2-3H,1H3. The third-order valence-electron chi connectivity index (χ3n) is 1.25. The van der Waals surface area contributed by atoms with Crippen molar-refractivity contribution in [2.75, 3.05) is 0 Å². The number of rotatable bonds is 1. The number of pyridine rings is 1. The first-order valence-corrected chi connectivity index (χ1v) is 3.29. The average Bonchev–Trinajstić information content (AvgIpc) is 1.99. The van der Waals surface area contributed by atoms with Crippen LogP contribution in [-0.2, 0) is 0 Å². The van der Waals surface area contributed by atoms with Gasteiger partial charge in [-0.2, -0.15) is 0 Å². The molecule has 5 heteroatoms. The minimum absolute atomic E-state index is 0.333. The molecule has 56 valence electrons. The summed E-state index contributed by atoms with van der Waals surface area (Å²) in [5, 5.41) is 3.91. The van der Waals surface area contributed by atoms with Gasteiger partial charge in [0.15, 0.2) is 0 Å². The van der Waals surface area contributed by atoms with Gasteiger partial charge >= 0.3 is 0 Å². The number of azide groups is 1. The van der Waals surface area contributed by atoms with Crippen molar-refractivity contribution in [1.29, 1.82) is 0 Å². The molecule has 1 heterocycles. The van der Waals surface area contributed by atoms with Gasteiger partial charge in [0.1, 0.15) is 5.82 Å². The molecule has 0 aliphatic rings. The van der Waals surface area contributed by atoms with E-state index in [1.807, 2.05) is 0 Å². The van der Waals surface area contributed by atoms with Crippen LogP contribution in [0.5, 0.6) is 0 Å². The Hall–Kier alpha value is -1.25. The lowest BCUT2D eigenvalue weighted by atomic mass is 10.3. The molecular weight excluding hydrogens is 164 g/mol. The lowest BCUT2D eigenvalue weighted by molar-refractivity contribution is 1.21. The van der Waals surface area contributed by atoms with E-state index >= 15 is 0 Å². The van der Waals surface area contributed by atoms with Gasteiger partial charge in [-0.05, 0) is 29.2 Å². The van der Waals surface area contributed by atoms with Crippen LogP contribution in [0.2, 0.25) is 5.02 Å². The molecule has 1 aromatic heterocycles. The Morgan fingerprint density at radius 2 is 2.45 bits per heavy atom. The first-order valence-electron chi connectivity index (χ1n) is 2.92. The van der Waals surface area contributed by atoms with Gasteiger partial charge in [-0.15, -0.1) is 0 Å². The van der Waals surface area contributed by atoms with Gasteiger partial charge in [0.2, 0.25) is 0 Å². The summed E-state index contributed by atoms with van der Waals surface area (Å²) in [6, 6.07) is 1.65. The van der Waals surface area contributed by atoms with Crippen LogP contribution in [0.4, 0.5) is 5.82 Å². The van der Waals surface area contributed by atoms with Gasteiger partial charge in [0, 0.05) is 16.1 Å². The first kappa shape index (κ1) is 7.85. The summed E-state index contributed by atoms with van der Waals surface area (Å²) >= 11 is 5.73. The summed E-state index contributed by atoms with van der Waals surface area (Å²) in [5.41, 5.74) is 8.81. The highest BCUT2D eigenvalue weighted by Crippen LogP contribution is 2.22. The van der Waals surface area contributed by atoms with Gasteiger partial charge in [-0.3, -0.25) is 4.98 Å². The third-order valence-corrected chi connectivity index (χ3v) is 1.66. The van der Waals surface area contributed by atoms with E-state index in [1.54, 1.807) is 13.0 Å². The van der Waals surface area contributed by atoms with Crippen LogP contribution in [0.15, 0.2) is 17.4 Å². The highest BCUT2D eigenvalue weighted by molar-refractivity contribution is 6.31. The van der Waals surface area contributed by atoms with Gasteiger partial charge in [-0.25, -0.2) is 0 Å². The quantitative estimate of drug-likeness (QED) is 0.361. The lowest BCUT2D eigenvalue weighted by Gasteiger charge is -1.97. The molecular formula is C6H5ClN4. The fourth-order valence-corrected chi connectivity index (χ4v) is 0.786. The van der Waals surface area contributed by atoms with E-state index in [1.165, 1.54) is 6.20 Å². The molecule has 0 aromatic carbocycles. The molecule has 0 aliphatic carbocycles. The van der Waals surface area contributed by atoms with E-state index in [9.17, 15) is 0 Å². The lowest BCUT2D eigenvalue weighted by Crippen LogP contribution is -1.79. The maximum Gasteiger partial charge on any atom is 0.131 e. The fourth-order valence-electron chi connectivity index (χ4n) is 0.645. The molecule has 1 rings (SSSR count). The molecule has 0 saturated heterocycles. The van der Waals surface area contributed by atoms with Crippen molar-refractivity contribution in [2.24, 2.45) is 5.11 Å². The van der Waals surface area contributed by atoms with Gasteiger partial charge in [0.25, 0.3) is 0 Å². The highest BCUT2D eigenvalue weighted by Gasteiger charge is 1.99. The predicted molar refractivity (Wildman–Crippen MR) is 42.8 cm³/mol. The summed E-state index contributed by atoms with van der Waals surface area (Å²) < 4.78 is 0. The molecule has 0 amide bonds. The smallest absolute Gasteiger partial charge is 0.131 e. The summed E-state index contributed by atoms with van der Waals surface area (Å²) in [6.07, 6.45) is 1.50. The second kappa shape index (κ2) is 3.23. The van der Waals surface area contributed by atoms with Crippen molar-refractivity contribution < 1.29 is 0 Å². The van der Waals surface area contributed by atoms with Crippen LogP contribution < -0.4 is 0 Å². The van der Waals surface area contributed by atoms with Crippen molar-refractivity contribution >= 4 is 17.4 Å². The van der Waals surface area contributed by atoms with Crippen molar-refractivity contribution in [3.05, 3.63) is 33.3 Å². The largest absolute Gasteiger partial charge is 0.254 e. The Morgan fingerprint density at radius 3 is 3.09 bits per heavy atom. The molecule has 1 aromatic rings. The average molecular weight is 169 g/mol. The normalized spacial score (nSPS) is 8.91. The SMILES string of the molecule is Cc1c(Cl)ccnc1N=[N+]=[N-]. The minimum Gasteiger partial charge on any atom is -0.254 e. The molecule has 11 heavy (non-hydrogen) atoms. The van der Waals surface area contributed by atoms with Crippen LogP contribution in [0.3, 0.4) is 0 Å². The number of halogens is 1. The van der Waals surface area contributed by atoms with Gasteiger partial charge in [0.05, 0.1) is 0 Å². The van der Waals surface area contributed by atoms with Crippen molar-refractivity contribution in [1.82, 2.24) is 4.98 Å². The van der Waals surface area contributed by atoms with Crippen molar-refractivity contribution in [3.63, 3.8) is 0 Å². The second-order valence-corrected chi connectivity index (χ2v) is 2.34. The molecule has 0 unspecified atom stereocenters. The second-order valence-electron chi connectivity index (χ2n) is 1.93. The number of hydrogen-bond acceptors (Lipinski definition) is 2. The first-order chi connectivity index (χ1) is 5.25. The Bertz CT molecular complexity index is 316. The van der Waals surface area contributed by atoms with E-state index in [2.05, 4.69) is 15.0 Å². The molecule has 0 saturated carbocycles. The molecule has 0 radical (unpaired) electrons.